The molecule has 0 radical (unpaired) electrons. The number of aliphatic hydroxyl groups excluding tert-OH is 1. The van der Waals surface area contributed by atoms with Crippen molar-refractivity contribution in [1.29, 1.82) is 0 Å². The van der Waals surface area contributed by atoms with Gasteiger partial charge in [0.05, 0.1) is 41.9 Å². The molecule has 2 heterocycles. The third-order valence-corrected chi connectivity index (χ3v) is 3.79. The van der Waals surface area contributed by atoms with Crippen LogP contribution in [-0.4, -0.2) is 57.7 Å². The lowest BCUT2D eigenvalue weighted by atomic mass is 10.2. The Morgan fingerprint density at radius 3 is 2.40 bits per heavy atom. The van der Waals surface area contributed by atoms with Crippen LogP contribution in [0.5, 0.6) is 0 Å². The molecular formula is C14H26N4O2. The molecule has 1 saturated heterocycles. The Kier molecular flexibility index (Phi) is 4.67. The van der Waals surface area contributed by atoms with E-state index in [9.17, 15) is 5.11 Å². The normalized spacial score (nSPS) is 25.9. The molecule has 3 atom stereocenters. The van der Waals surface area contributed by atoms with Crippen LogP contribution in [0.4, 0.5) is 5.69 Å². The summed E-state index contributed by atoms with van der Waals surface area (Å²) in [5.41, 5.74) is 8.36. The number of nitrogen functional groups attached to an aromatic ring is 1. The summed E-state index contributed by atoms with van der Waals surface area (Å²) in [6.45, 7) is 10.8. The van der Waals surface area contributed by atoms with E-state index in [0.717, 1.165) is 24.5 Å². The largest absolute Gasteiger partial charge is 0.396 e. The minimum absolute atomic E-state index is 0.218. The van der Waals surface area contributed by atoms with Crippen LogP contribution in [0.1, 0.15) is 25.2 Å². The fourth-order valence-electron chi connectivity index (χ4n) is 2.88. The van der Waals surface area contributed by atoms with E-state index in [1.54, 1.807) is 4.68 Å². The predicted molar refractivity (Wildman–Crippen MR) is 78.6 cm³/mol. The Balaban J connectivity index is 1.92. The van der Waals surface area contributed by atoms with Crippen molar-refractivity contribution in [2.24, 2.45) is 0 Å². The van der Waals surface area contributed by atoms with E-state index in [1.807, 2.05) is 13.8 Å². The van der Waals surface area contributed by atoms with Crippen molar-refractivity contribution in [1.82, 2.24) is 14.7 Å². The van der Waals surface area contributed by atoms with Crippen LogP contribution in [0.15, 0.2) is 0 Å². The summed E-state index contributed by atoms with van der Waals surface area (Å²) in [4.78, 5) is 2.25. The predicted octanol–water partition coefficient (Wildman–Crippen LogP) is 0.552. The molecule has 114 valence electrons. The number of nitrogens with two attached hydrogens (primary N) is 1. The molecule has 0 aliphatic carbocycles. The summed E-state index contributed by atoms with van der Waals surface area (Å²) in [6.07, 6.45) is -0.0181. The maximum absolute atomic E-state index is 10.3. The number of rotatable bonds is 4. The van der Waals surface area contributed by atoms with Crippen molar-refractivity contribution in [2.45, 2.75) is 52.6 Å². The van der Waals surface area contributed by atoms with Gasteiger partial charge in [-0.2, -0.15) is 5.10 Å². The molecule has 0 spiro atoms. The summed E-state index contributed by atoms with van der Waals surface area (Å²) >= 11 is 0. The Hall–Kier alpha value is -1.11. The minimum Gasteiger partial charge on any atom is -0.396 e. The number of anilines is 1. The van der Waals surface area contributed by atoms with Crippen molar-refractivity contribution >= 4 is 5.69 Å². The number of aryl methyl sites for hydroxylation is 1. The molecule has 1 unspecified atom stereocenters. The number of hydrogen-bond acceptors (Lipinski definition) is 5. The van der Waals surface area contributed by atoms with Gasteiger partial charge in [-0.1, -0.05) is 0 Å². The van der Waals surface area contributed by atoms with Gasteiger partial charge in [-0.3, -0.25) is 9.58 Å². The lowest BCUT2D eigenvalue weighted by molar-refractivity contribution is -0.0774. The quantitative estimate of drug-likeness (QED) is 0.843. The zero-order valence-corrected chi connectivity index (χ0v) is 12.8. The van der Waals surface area contributed by atoms with Gasteiger partial charge in [0.2, 0.25) is 0 Å². The number of β-amino-alcohol motifs (C(OH)–C–C–N with tert-alkyl or cyclic N) is 1. The average Bonchev–Trinajstić information content (AvgIpc) is 2.55. The number of morpholine rings is 1. The molecule has 6 nitrogen and oxygen atoms in total. The van der Waals surface area contributed by atoms with E-state index in [-0.39, 0.29) is 12.2 Å². The fourth-order valence-corrected chi connectivity index (χ4v) is 2.88. The van der Waals surface area contributed by atoms with E-state index in [2.05, 4.69) is 23.8 Å². The highest BCUT2D eigenvalue weighted by Gasteiger charge is 2.24. The Morgan fingerprint density at radius 1 is 1.30 bits per heavy atom. The third-order valence-electron chi connectivity index (χ3n) is 3.79. The molecule has 20 heavy (non-hydrogen) atoms. The lowest BCUT2D eigenvalue weighted by Gasteiger charge is -2.36. The lowest BCUT2D eigenvalue weighted by Crippen LogP contribution is -2.48. The molecule has 1 fully saturated rings. The zero-order valence-electron chi connectivity index (χ0n) is 12.8. The topological polar surface area (TPSA) is 76.5 Å². The highest BCUT2D eigenvalue weighted by atomic mass is 16.5. The Morgan fingerprint density at radius 2 is 1.90 bits per heavy atom. The first-order chi connectivity index (χ1) is 9.36. The van der Waals surface area contributed by atoms with Gasteiger partial charge in [0.15, 0.2) is 0 Å². The highest BCUT2D eigenvalue weighted by molar-refractivity contribution is 5.46. The Labute approximate surface area is 120 Å². The van der Waals surface area contributed by atoms with Gasteiger partial charge in [0, 0.05) is 19.6 Å². The van der Waals surface area contributed by atoms with Crippen LogP contribution in [0.3, 0.4) is 0 Å². The maximum atomic E-state index is 10.3. The van der Waals surface area contributed by atoms with Gasteiger partial charge < -0.3 is 15.6 Å². The monoisotopic (exact) mass is 282 g/mol. The first-order valence-corrected chi connectivity index (χ1v) is 7.22. The number of aromatic nitrogens is 2. The van der Waals surface area contributed by atoms with Crippen molar-refractivity contribution in [3.05, 3.63) is 11.4 Å². The fraction of sp³-hybridized carbons (Fsp3) is 0.786. The smallest absolute Gasteiger partial charge is 0.0862 e. The molecule has 0 bridgehead atoms. The first kappa shape index (κ1) is 15.3. The van der Waals surface area contributed by atoms with E-state index in [1.165, 1.54) is 0 Å². The second kappa shape index (κ2) is 6.11. The number of ether oxygens (including phenoxy) is 1. The van der Waals surface area contributed by atoms with Crippen molar-refractivity contribution in [2.75, 3.05) is 25.4 Å². The summed E-state index contributed by atoms with van der Waals surface area (Å²) in [5.74, 6) is 0. The highest BCUT2D eigenvalue weighted by Crippen LogP contribution is 2.16. The summed E-state index contributed by atoms with van der Waals surface area (Å²) in [7, 11) is 0. The van der Waals surface area contributed by atoms with Crippen LogP contribution in [0.2, 0.25) is 0 Å². The summed E-state index contributed by atoms with van der Waals surface area (Å²) < 4.78 is 7.49. The molecule has 3 N–H and O–H groups in total. The molecule has 0 amide bonds. The van der Waals surface area contributed by atoms with Crippen LogP contribution < -0.4 is 5.73 Å². The van der Waals surface area contributed by atoms with Gasteiger partial charge >= 0.3 is 0 Å². The van der Waals surface area contributed by atoms with Crippen molar-refractivity contribution in [3.8, 4) is 0 Å². The molecule has 1 aromatic heterocycles. The van der Waals surface area contributed by atoms with Gasteiger partial charge in [-0.25, -0.2) is 0 Å². The third kappa shape index (κ3) is 3.50. The van der Waals surface area contributed by atoms with Crippen LogP contribution >= 0.6 is 0 Å². The Bertz CT molecular complexity index is 450. The van der Waals surface area contributed by atoms with Gasteiger partial charge in [0.25, 0.3) is 0 Å². The number of aliphatic hydroxyl groups is 1. The summed E-state index contributed by atoms with van der Waals surface area (Å²) in [5, 5.41) is 14.6. The molecule has 6 heteroatoms. The van der Waals surface area contributed by atoms with Crippen LogP contribution in [0, 0.1) is 13.8 Å². The molecule has 1 aromatic rings. The second-order valence-electron chi connectivity index (χ2n) is 5.90. The number of hydrogen-bond donors (Lipinski definition) is 2. The molecular weight excluding hydrogens is 256 g/mol. The van der Waals surface area contributed by atoms with E-state index < -0.39 is 6.10 Å². The van der Waals surface area contributed by atoms with Crippen molar-refractivity contribution < 1.29 is 9.84 Å². The maximum Gasteiger partial charge on any atom is 0.0862 e. The standard InChI is InChI=1S/C14H26N4O2/c1-9-5-17(6-10(2)20-9)7-13(19)8-18-12(4)14(15)11(3)16-18/h9-10,13,19H,5-8,15H2,1-4H3/t9-,10+,13?. The van der Waals surface area contributed by atoms with Gasteiger partial charge in [-0.15, -0.1) is 0 Å². The average molecular weight is 282 g/mol. The molecule has 0 saturated carbocycles. The molecule has 2 rings (SSSR count). The van der Waals surface area contributed by atoms with Crippen LogP contribution in [-0.2, 0) is 11.3 Å². The first-order valence-electron chi connectivity index (χ1n) is 7.22. The van der Waals surface area contributed by atoms with Crippen LogP contribution in [0.25, 0.3) is 0 Å². The van der Waals surface area contributed by atoms with Crippen molar-refractivity contribution in [3.63, 3.8) is 0 Å². The van der Waals surface area contributed by atoms with E-state index >= 15 is 0 Å². The van der Waals surface area contributed by atoms with Gasteiger partial charge in [-0.05, 0) is 27.7 Å². The van der Waals surface area contributed by atoms with Gasteiger partial charge in [0.1, 0.15) is 0 Å². The molecule has 1 aliphatic rings. The molecule has 1 aliphatic heterocycles. The van der Waals surface area contributed by atoms with E-state index in [0.29, 0.717) is 18.8 Å². The number of nitrogens with zero attached hydrogens (tertiary/aromatic N) is 3. The molecule has 0 aromatic carbocycles. The SMILES string of the molecule is Cc1nn(CC(O)CN2C[C@@H](C)O[C@@H](C)C2)c(C)c1N. The zero-order chi connectivity index (χ0) is 14.9. The minimum atomic E-state index is -0.454. The van der Waals surface area contributed by atoms with E-state index in [4.69, 9.17) is 10.5 Å². The second-order valence-corrected chi connectivity index (χ2v) is 5.90. The summed E-state index contributed by atoms with van der Waals surface area (Å²) in [6, 6.07) is 0.